The van der Waals surface area contributed by atoms with Crippen molar-refractivity contribution in [1.82, 2.24) is 0 Å². The number of hydrogen-bond donors (Lipinski definition) is 3. The number of fused-ring (bicyclic) bond motifs is 2. The molecule has 0 radical (unpaired) electrons. The van der Waals surface area contributed by atoms with Crippen molar-refractivity contribution < 1.29 is 29.5 Å². The topological polar surface area (TPSA) is 88.4 Å². The van der Waals surface area contributed by atoms with Crippen molar-refractivity contribution in [1.29, 1.82) is 0 Å². The van der Waals surface area contributed by atoms with Gasteiger partial charge in [-0.3, -0.25) is 0 Å². The lowest BCUT2D eigenvalue weighted by Gasteiger charge is -2.25. The summed E-state index contributed by atoms with van der Waals surface area (Å²) in [4.78, 5) is 0. The second kappa shape index (κ2) is 5.16. The van der Waals surface area contributed by atoms with Gasteiger partial charge in [0.15, 0.2) is 23.0 Å². The molecule has 6 nitrogen and oxygen atoms in total. The fraction of sp³-hybridized carbons (Fsp3) is 0.200. The monoisotopic (exact) mass is 290 g/mol. The van der Waals surface area contributed by atoms with Crippen molar-refractivity contribution in [2.75, 3.05) is 7.11 Å². The normalized spacial score (nSPS) is 12.0. The Morgan fingerprint density at radius 3 is 2.05 bits per heavy atom. The first-order valence-electron chi connectivity index (χ1n) is 6.31. The van der Waals surface area contributed by atoms with Gasteiger partial charge >= 0.3 is 0 Å². The maximum absolute atomic E-state index is 9.74. The van der Waals surface area contributed by atoms with Gasteiger partial charge in [0.2, 0.25) is 0 Å². The van der Waals surface area contributed by atoms with E-state index < -0.39 is 0 Å². The molecule has 0 spiro atoms. The lowest BCUT2D eigenvalue weighted by Crippen LogP contribution is -2.06. The van der Waals surface area contributed by atoms with E-state index in [1.54, 1.807) is 12.1 Å². The predicted octanol–water partition coefficient (Wildman–Crippen LogP) is 2.28. The van der Waals surface area contributed by atoms with Gasteiger partial charge in [-0.2, -0.15) is 0 Å². The third kappa shape index (κ3) is 2.05. The Bertz CT molecular complexity index is 695. The van der Waals surface area contributed by atoms with Crippen LogP contribution < -0.4 is 14.2 Å². The van der Waals surface area contributed by atoms with Crippen LogP contribution in [0, 0.1) is 0 Å². The molecule has 0 bridgehead atoms. The molecule has 0 unspecified atom stereocenters. The minimum atomic E-state index is -0.378. The first kappa shape index (κ1) is 13.5. The number of ether oxygens (including phenoxy) is 3. The predicted molar refractivity (Wildman–Crippen MR) is 73.1 cm³/mol. The molecular formula is C15H14O6. The molecule has 21 heavy (non-hydrogen) atoms. The molecular weight excluding hydrogens is 276 g/mol. The van der Waals surface area contributed by atoms with E-state index in [1.165, 1.54) is 19.2 Å². The Labute approximate surface area is 120 Å². The van der Waals surface area contributed by atoms with Gasteiger partial charge in [0.05, 0.1) is 31.5 Å². The quantitative estimate of drug-likeness (QED) is 0.686. The number of rotatable bonds is 3. The summed E-state index contributed by atoms with van der Waals surface area (Å²) in [5.74, 6) is 1.78. The van der Waals surface area contributed by atoms with Crippen LogP contribution in [0.25, 0.3) is 0 Å². The first-order valence-corrected chi connectivity index (χ1v) is 6.31. The summed E-state index contributed by atoms with van der Waals surface area (Å²) in [5, 5.41) is 28.6. The highest BCUT2D eigenvalue weighted by molar-refractivity contribution is 5.64. The summed E-state index contributed by atoms with van der Waals surface area (Å²) < 4.78 is 16.6. The molecule has 0 saturated carbocycles. The molecule has 1 heterocycles. The van der Waals surface area contributed by atoms with Crippen molar-refractivity contribution >= 4 is 0 Å². The zero-order valence-corrected chi connectivity index (χ0v) is 11.3. The molecule has 6 heteroatoms. The van der Waals surface area contributed by atoms with Gasteiger partial charge in [0.1, 0.15) is 11.5 Å². The molecule has 3 N–H and O–H groups in total. The lowest BCUT2D eigenvalue weighted by atomic mass is 10.1. The summed E-state index contributed by atoms with van der Waals surface area (Å²) in [6, 6.07) is 6.24. The third-order valence-corrected chi connectivity index (χ3v) is 3.34. The van der Waals surface area contributed by atoms with Crippen molar-refractivity contribution in [2.45, 2.75) is 13.2 Å². The Hall–Kier alpha value is -2.44. The fourth-order valence-electron chi connectivity index (χ4n) is 2.28. The smallest absolute Gasteiger partial charge is 0.179 e. The molecule has 0 fully saturated rings. The van der Waals surface area contributed by atoms with Crippen molar-refractivity contribution in [3.05, 3.63) is 35.4 Å². The van der Waals surface area contributed by atoms with Gasteiger partial charge in [0, 0.05) is 0 Å². The van der Waals surface area contributed by atoms with E-state index >= 15 is 0 Å². The first-order chi connectivity index (χ1) is 10.2. The van der Waals surface area contributed by atoms with Crippen LogP contribution in [-0.2, 0) is 13.2 Å². The molecule has 110 valence electrons. The largest absolute Gasteiger partial charge is 0.507 e. The second-order valence-corrected chi connectivity index (χ2v) is 4.48. The minimum Gasteiger partial charge on any atom is -0.507 e. The molecule has 0 saturated heterocycles. The van der Waals surface area contributed by atoms with Crippen LogP contribution in [-0.4, -0.2) is 22.4 Å². The summed E-state index contributed by atoms with van der Waals surface area (Å²) >= 11 is 0. The summed E-state index contributed by atoms with van der Waals surface area (Å²) in [6.45, 7) is -0.646. The zero-order valence-electron chi connectivity index (χ0n) is 11.3. The second-order valence-electron chi connectivity index (χ2n) is 4.48. The summed E-state index contributed by atoms with van der Waals surface area (Å²) in [7, 11) is 1.50. The Kier molecular flexibility index (Phi) is 3.32. The maximum Gasteiger partial charge on any atom is 0.179 e. The van der Waals surface area contributed by atoms with E-state index in [9.17, 15) is 15.3 Å². The van der Waals surface area contributed by atoms with Crippen LogP contribution in [0.3, 0.4) is 0 Å². The fourth-order valence-corrected chi connectivity index (χ4v) is 2.28. The van der Waals surface area contributed by atoms with Crippen LogP contribution in [0.2, 0.25) is 0 Å². The van der Waals surface area contributed by atoms with Crippen LogP contribution in [0.1, 0.15) is 11.1 Å². The highest BCUT2D eigenvalue weighted by Crippen LogP contribution is 2.51. The van der Waals surface area contributed by atoms with E-state index in [0.717, 1.165) is 0 Å². The van der Waals surface area contributed by atoms with E-state index in [0.29, 0.717) is 28.6 Å². The van der Waals surface area contributed by atoms with Gasteiger partial charge < -0.3 is 29.5 Å². The Morgan fingerprint density at radius 2 is 1.48 bits per heavy atom. The molecule has 3 rings (SSSR count). The van der Waals surface area contributed by atoms with Gasteiger partial charge in [-0.15, -0.1) is 0 Å². The van der Waals surface area contributed by atoms with E-state index in [4.69, 9.17) is 14.2 Å². The van der Waals surface area contributed by atoms with Crippen molar-refractivity contribution in [2.24, 2.45) is 0 Å². The van der Waals surface area contributed by atoms with Crippen LogP contribution in [0.15, 0.2) is 24.3 Å². The number of phenols is 1. The molecule has 0 aromatic heterocycles. The summed E-state index contributed by atoms with van der Waals surface area (Å²) in [5.41, 5.74) is 0.721. The van der Waals surface area contributed by atoms with E-state index in [2.05, 4.69) is 0 Å². The van der Waals surface area contributed by atoms with Crippen molar-refractivity contribution in [3.63, 3.8) is 0 Å². The number of aromatic hydroxyl groups is 1. The molecule has 0 aliphatic carbocycles. The summed E-state index contributed by atoms with van der Waals surface area (Å²) in [6.07, 6.45) is 0. The number of aliphatic hydroxyl groups excluding tert-OH is 2. The molecule has 1 aliphatic heterocycles. The zero-order chi connectivity index (χ0) is 15.0. The van der Waals surface area contributed by atoms with Gasteiger partial charge in [-0.1, -0.05) is 0 Å². The number of hydrogen-bond acceptors (Lipinski definition) is 6. The maximum atomic E-state index is 9.74. The standard InChI is InChI=1S/C15H14O6/c1-19-11-4-5-13-15(9(11)7-17)21-12-3-2-10(18)8(6-16)14(12)20-13/h2-5,16-18H,6-7H2,1H3. The van der Waals surface area contributed by atoms with E-state index in [-0.39, 0.29) is 30.3 Å². The van der Waals surface area contributed by atoms with Gasteiger partial charge in [0.25, 0.3) is 0 Å². The lowest BCUT2D eigenvalue weighted by molar-refractivity contribution is 0.254. The molecule has 1 aliphatic rings. The molecule has 0 amide bonds. The average Bonchev–Trinajstić information content (AvgIpc) is 2.51. The highest BCUT2D eigenvalue weighted by atomic mass is 16.6. The van der Waals surface area contributed by atoms with Crippen LogP contribution in [0.5, 0.6) is 34.5 Å². The number of benzene rings is 2. The third-order valence-electron chi connectivity index (χ3n) is 3.34. The Morgan fingerprint density at radius 1 is 0.905 bits per heavy atom. The SMILES string of the molecule is COc1ccc2c(c1CO)Oc1ccc(O)c(CO)c1O2. The van der Waals surface area contributed by atoms with E-state index in [1.807, 2.05) is 0 Å². The molecule has 0 atom stereocenters. The minimum absolute atomic E-state index is 0.0702. The molecule has 2 aromatic carbocycles. The Balaban J connectivity index is 2.14. The highest BCUT2D eigenvalue weighted by Gasteiger charge is 2.27. The number of methoxy groups -OCH3 is 1. The average molecular weight is 290 g/mol. The van der Waals surface area contributed by atoms with Crippen molar-refractivity contribution in [3.8, 4) is 34.5 Å². The van der Waals surface area contributed by atoms with Crippen LogP contribution in [0.4, 0.5) is 0 Å². The molecule has 2 aromatic rings. The van der Waals surface area contributed by atoms with Gasteiger partial charge in [-0.25, -0.2) is 0 Å². The van der Waals surface area contributed by atoms with Crippen LogP contribution >= 0.6 is 0 Å². The number of aliphatic hydroxyl groups is 2. The van der Waals surface area contributed by atoms with Gasteiger partial charge in [-0.05, 0) is 24.3 Å².